The Bertz CT molecular complexity index is 746. The van der Waals surface area contributed by atoms with Gasteiger partial charge < -0.3 is 5.11 Å². The van der Waals surface area contributed by atoms with Crippen molar-refractivity contribution in [3.63, 3.8) is 0 Å². The summed E-state index contributed by atoms with van der Waals surface area (Å²) in [5.41, 5.74) is -1.09. The van der Waals surface area contributed by atoms with Crippen molar-refractivity contribution in [1.82, 2.24) is 0 Å². The number of carbonyl (C=O) groups is 1. The molecule has 0 saturated heterocycles. The highest BCUT2D eigenvalue weighted by Crippen LogP contribution is 2.28. The average molecular weight is 335 g/mol. The molecule has 0 amide bonds. The third kappa shape index (κ3) is 3.24. The van der Waals surface area contributed by atoms with Crippen LogP contribution >= 0.6 is 0 Å². The van der Waals surface area contributed by atoms with Crippen molar-refractivity contribution >= 4 is 21.7 Å². The zero-order chi connectivity index (χ0) is 16.5. The lowest BCUT2D eigenvalue weighted by Crippen LogP contribution is -2.34. The lowest BCUT2D eigenvalue weighted by atomic mass is 9.99. The van der Waals surface area contributed by atoms with Crippen LogP contribution in [0.3, 0.4) is 0 Å². The first-order chi connectivity index (χ1) is 10.2. The minimum atomic E-state index is -4.31. The number of carboxylic acid groups (broad SMARTS) is 1. The van der Waals surface area contributed by atoms with Crippen molar-refractivity contribution in [3.8, 4) is 0 Å². The van der Waals surface area contributed by atoms with Crippen LogP contribution in [-0.4, -0.2) is 24.7 Å². The fourth-order valence-electron chi connectivity index (χ4n) is 2.22. The highest BCUT2D eigenvalue weighted by atomic mass is 32.2. The number of hydrogen-bond acceptors (Lipinski definition) is 3. The van der Waals surface area contributed by atoms with Crippen molar-refractivity contribution in [1.29, 1.82) is 0 Å². The van der Waals surface area contributed by atoms with Crippen molar-refractivity contribution in [2.75, 3.05) is 4.72 Å². The maximum Gasteiger partial charge on any atom is 0.332 e. The Morgan fingerprint density at radius 1 is 1.18 bits per heavy atom. The van der Waals surface area contributed by atoms with E-state index in [9.17, 15) is 26.4 Å². The fraction of sp³-hybridized carbons (Fsp3) is 0.308. The van der Waals surface area contributed by atoms with Gasteiger partial charge in [-0.15, -0.1) is 0 Å². The molecule has 2 N–H and O–H groups in total. The Labute approximate surface area is 124 Å². The van der Waals surface area contributed by atoms with Crippen LogP contribution in [0.5, 0.6) is 0 Å². The van der Waals surface area contributed by atoms with Crippen LogP contribution in [0.25, 0.3) is 0 Å². The second-order valence-corrected chi connectivity index (χ2v) is 6.64. The molecule has 0 saturated carbocycles. The van der Waals surface area contributed by atoms with Gasteiger partial charge in [0.15, 0.2) is 11.6 Å². The number of aliphatic carboxylic acids is 1. The number of benzene rings is 1. The first kappa shape index (κ1) is 16.3. The van der Waals surface area contributed by atoms with E-state index in [1.54, 1.807) is 4.72 Å². The molecule has 1 aliphatic carbocycles. The van der Waals surface area contributed by atoms with Gasteiger partial charge in [-0.1, -0.05) is 6.08 Å². The van der Waals surface area contributed by atoms with E-state index in [1.807, 2.05) is 0 Å². The van der Waals surface area contributed by atoms with Crippen LogP contribution in [-0.2, 0) is 14.8 Å². The Morgan fingerprint density at radius 3 is 2.45 bits per heavy atom. The zero-order valence-electron chi connectivity index (χ0n) is 11.1. The van der Waals surface area contributed by atoms with Crippen molar-refractivity contribution < 1.29 is 31.5 Å². The summed E-state index contributed by atoms with van der Waals surface area (Å²) >= 11 is 0. The molecule has 0 radical (unpaired) electrons. The van der Waals surface area contributed by atoms with E-state index in [1.165, 1.54) is 6.08 Å². The molecule has 0 heterocycles. The quantitative estimate of drug-likeness (QED) is 0.828. The van der Waals surface area contributed by atoms with E-state index >= 15 is 0 Å². The lowest BCUT2D eigenvalue weighted by Gasteiger charge is -2.22. The molecule has 120 valence electrons. The van der Waals surface area contributed by atoms with Crippen LogP contribution in [0, 0.1) is 17.5 Å². The topological polar surface area (TPSA) is 83.5 Å². The minimum Gasteiger partial charge on any atom is -0.478 e. The molecule has 1 aromatic carbocycles. The Hall–Kier alpha value is -2.03. The Kier molecular flexibility index (Phi) is 4.45. The molecule has 0 aromatic heterocycles. The van der Waals surface area contributed by atoms with E-state index in [4.69, 9.17) is 5.11 Å². The van der Waals surface area contributed by atoms with Crippen LogP contribution < -0.4 is 4.72 Å². The van der Waals surface area contributed by atoms with E-state index in [0.29, 0.717) is 18.9 Å². The third-order valence-electron chi connectivity index (χ3n) is 3.27. The summed E-state index contributed by atoms with van der Waals surface area (Å²) in [6.07, 6.45) is 2.20. The number of hydrogen-bond donors (Lipinski definition) is 2. The van der Waals surface area contributed by atoms with E-state index in [0.717, 1.165) is 0 Å². The van der Waals surface area contributed by atoms with Crippen LogP contribution in [0.1, 0.15) is 19.3 Å². The van der Waals surface area contributed by atoms with Crippen LogP contribution in [0.15, 0.2) is 23.8 Å². The first-order valence-electron chi connectivity index (χ1n) is 6.32. The van der Waals surface area contributed by atoms with Gasteiger partial charge in [0, 0.05) is 12.1 Å². The lowest BCUT2D eigenvalue weighted by molar-refractivity contribution is -0.132. The number of halogens is 3. The van der Waals surface area contributed by atoms with E-state index in [2.05, 4.69) is 0 Å². The molecule has 1 unspecified atom stereocenters. The van der Waals surface area contributed by atoms with Crippen molar-refractivity contribution in [2.24, 2.45) is 0 Å². The average Bonchev–Trinajstić information content (AvgIpc) is 2.44. The number of nitrogens with one attached hydrogen (secondary N) is 1. The standard InChI is InChI=1S/C13H12F3NO4S/c14-8-5-10(16)11(6-9(8)15)17-22(20,21)12-4-2-1-3-7(12)13(18)19/h3,5-6,12,17H,1-2,4H2,(H,18,19). The van der Waals surface area contributed by atoms with E-state index in [-0.39, 0.29) is 18.1 Å². The molecular formula is C13H12F3NO4S. The smallest absolute Gasteiger partial charge is 0.332 e. The SMILES string of the molecule is O=C(O)C1=CCCCC1S(=O)(=O)Nc1cc(F)c(F)cc1F. The molecule has 0 aliphatic heterocycles. The Balaban J connectivity index is 2.36. The Morgan fingerprint density at radius 2 is 1.82 bits per heavy atom. The first-order valence-corrected chi connectivity index (χ1v) is 7.86. The summed E-state index contributed by atoms with van der Waals surface area (Å²) in [6, 6.07) is 0.581. The normalized spacial score (nSPS) is 18.7. The van der Waals surface area contributed by atoms with E-state index < -0.39 is 44.4 Å². The maximum absolute atomic E-state index is 13.5. The molecule has 2 rings (SSSR count). The summed E-state index contributed by atoms with van der Waals surface area (Å²) < 4.78 is 65.7. The third-order valence-corrected chi connectivity index (χ3v) is 5.01. The van der Waals surface area contributed by atoms with Gasteiger partial charge in [-0.2, -0.15) is 0 Å². The second kappa shape index (κ2) is 5.99. The molecule has 1 atom stereocenters. The molecule has 9 heteroatoms. The summed E-state index contributed by atoms with van der Waals surface area (Å²) in [7, 11) is -4.31. The van der Waals surface area contributed by atoms with Gasteiger partial charge in [0.1, 0.15) is 11.1 Å². The van der Waals surface area contributed by atoms with Gasteiger partial charge >= 0.3 is 5.97 Å². The molecule has 0 spiro atoms. The number of rotatable bonds is 4. The fourth-order valence-corrected chi connectivity index (χ4v) is 3.83. The zero-order valence-corrected chi connectivity index (χ0v) is 12.0. The monoisotopic (exact) mass is 335 g/mol. The highest BCUT2D eigenvalue weighted by molar-refractivity contribution is 7.93. The molecule has 1 aromatic rings. The van der Waals surface area contributed by atoms with Gasteiger partial charge in [0.2, 0.25) is 10.0 Å². The van der Waals surface area contributed by atoms with Gasteiger partial charge in [0.25, 0.3) is 0 Å². The summed E-state index contributed by atoms with van der Waals surface area (Å²) in [6.45, 7) is 0. The van der Waals surface area contributed by atoms with Crippen molar-refractivity contribution in [3.05, 3.63) is 41.2 Å². The minimum absolute atomic E-state index is 0.0404. The largest absolute Gasteiger partial charge is 0.478 e. The number of anilines is 1. The van der Waals surface area contributed by atoms with Gasteiger partial charge in [-0.05, 0) is 19.3 Å². The van der Waals surface area contributed by atoms with Crippen LogP contribution in [0.2, 0.25) is 0 Å². The van der Waals surface area contributed by atoms with Gasteiger partial charge in [-0.25, -0.2) is 26.4 Å². The molecule has 5 nitrogen and oxygen atoms in total. The molecule has 0 fully saturated rings. The van der Waals surface area contributed by atoms with Gasteiger partial charge in [0.05, 0.1) is 11.3 Å². The second-order valence-electron chi connectivity index (χ2n) is 4.78. The summed E-state index contributed by atoms with van der Waals surface area (Å²) in [4.78, 5) is 11.1. The predicted octanol–water partition coefficient (Wildman–Crippen LogP) is 2.41. The van der Waals surface area contributed by atoms with Crippen LogP contribution in [0.4, 0.5) is 18.9 Å². The van der Waals surface area contributed by atoms with Gasteiger partial charge in [-0.3, -0.25) is 4.72 Å². The predicted molar refractivity (Wildman–Crippen MR) is 72.2 cm³/mol. The summed E-state index contributed by atoms with van der Waals surface area (Å²) in [5, 5.41) is 7.65. The number of allylic oxidation sites excluding steroid dienone is 1. The van der Waals surface area contributed by atoms with Crippen molar-refractivity contribution in [2.45, 2.75) is 24.5 Å². The highest BCUT2D eigenvalue weighted by Gasteiger charge is 2.34. The molecular weight excluding hydrogens is 323 g/mol. The molecule has 1 aliphatic rings. The number of sulfonamides is 1. The number of carboxylic acids is 1. The summed E-state index contributed by atoms with van der Waals surface area (Å²) in [5.74, 6) is -5.55. The molecule has 22 heavy (non-hydrogen) atoms. The maximum atomic E-state index is 13.5. The molecule has 0 bridgehead atoms.